The average molecular weight is 349 g/mol. The molecule has 0 saturated heterocycles. The summed E-state index contributed by atoms with van der Waals surface area (Å²) in [6.07, 6.45) is 3.13. The van der Waals surface area contributed by atoms with Gasteiger partial charge in [-0.3, -0.25) is 9.59 Å². The SMILES string of the molecule is COc1ccc(C2(CNC(C)=O)CCC(OC(C)=O)CC2)cc1OC. The number of carbonyl (C=O) groups excluding carboxylic acids is 2. The van der Waals surface area contributed by atoms with Crippen LogP contribution in [0, 0.1) is 0 Å². The van der Waals surface area contributed by atoms with Crippen LogP contribution in [0.5, 0.6) is 11.5 Å². The van der Waals surface area contributed by atoms with E-state index in [1.807, 2.05) is 18.2 Å². The van der Waals surface area contributed by atoms with Gasteiger partial charge in [0.05, 0.1) is 14.2 Å². The molecule has 0 unspecified atom stereocenters. The van der Waals surface area contributed by atoms with Crippen molar-refractivity contribution in [1.82, 2.24) is 5.32 Å². The van der Waals surface area contributed by atoms with Crippen molar-refractivity contribution < 1.29 is 23.8 Å². The molecule has 2 rings (SSSR count). The summed E-state index contributed by atoms with van der Waals surface area (Å²) in [6.45, 7) is 3.50. The Bertz CT molecular complexity index is 620. The van der Waals surface area contributed by atoms with Gasteiger partial charge in [0.25, 0.3) is 0 Å². The highest BCUT2D eigenvalue weighted by atomic mass is 16.5. The highest BCUT2D eigenvalue weighted by molar-refractivity contribution is 5.73. The van der Waals surface area contributed by atoms with Gasteiger partial charge < -0.3 is 19.5 Å². The van der Waals surface area contributed by atoms with Gasteiger partial charge in [0, 0.05) is 25.8 Å². The molecule has 138 valence electrons. The van der Waals surface area contributed by atoms with E-state index < -0.39 is 0 Å². The first kappa shape index (κ1) is 19.1. The van der Waals surface area contributed by atoms with Crippen molar-refractivity contribution in [3.05, 3.63) is 23.8 Å². The lowest BCUT2D eigenvalue weighted by Crippen LogP contribution is -2.44. The first-order chi connectivity index (χ1) is 11.9. The van der Waals surface area contributed by atoms with E-state index in [2.05, 4.69) is 5.32 Å². The molecule has 1 aromatic rings. The molecular weight excluding hydrogens is 322 g/mol. The maximum absolute atomic E-state index is 11.5. The van der Waals surface area contributed by atoms with Gasteiger partial charge in [0.2, 0.25) is 5.91 Å². The van der Waals surface area contributed by atoms with E-state index in [0.29, 0.717) is 18.0 Å². The molecule has 1 fully saturated rings. The van der Waals surface area contributed by atoms with Crippen LogP contribution in [0.1, 0.15) is 45.1 Å². The Morgan fingerprint density at radius 3 is 2.28 bits per heavy atom. The molecule has 0 radical (unpaired) electrons. The number of esters is 1. The van der Waals surface area contributed by atoms with Gasteiger partial charge in [-0.1, -0.05) is 6.07 Å². The number of ether oxygens (including phenoxy) is 3. The fraction of sp³-hybridized carbons (Fsp3) is 0.579. The first-order valence-corrected chi connectivity index (χ1v) is 8.54. The molecular formula is C19H27NO5. The Kier molecular flexibility index (Phi) is 6.28. The molecule has 1 amide bonds. The Labute approximate surface area is 148 Å². The Morgan fingerprint density at radius 1 is 1.12 bits per heavy atom. The summed E-state index contributed by atoms with van der Waals surface area (Å²) in [7, 11) is 3.22. The third-order valence-corrected chi connectivity index (χ3v) is 4.89. The number of nitrogens with one attached hydrogen (secondary N) is 1. The van der Waals surface area contributed by atoms with Crippen LogP contribution in [-0.4, -0.2) is 38.7 Å². The van der Waals surface area contributed by atoms with E-state index in [-0.39, 0.29) is 23.4 Å². The van der Waals surface area contributed by atoms with Crippen LogP contribution >= 0.6 is 0 Å². The number of hydrogen-bond acceptors (Lipinski definition) is 5. The maximum Gasteiger partial charge on any atom is 0.302 e. The van der Waals surface area contributed by atoms with Crippen molar-refractivity contribution in [2.45, 2.75) is 51.0 Å². The van der Waals surface area contributed by atoms with Gasteiger partial charge in [-0.15, -0.1) is 0 Å². The van der Waals surface area contributed by atoms with E-state index in [4.69, 9.17) is 14.2 Å². The molecule has 1 aliphatic rings. The summed E-state index contributed by atoms with van der Waals surface area (Å²) in [5.74, 6) is 1.05. The lowest BCUT2D eigenvalue weighted by Gasteiger charge is -2.40. The Balaban J connectivity index is 2.27. The van der Waals surface area contributed by atoms with Gasteiger partial charge in [-0.25, -0.2) is 0 Å². The normalized spacial score (nSPS) is 22.8. The van der Waals surface area contributed by atoms with Crippen molar-refractivity contribution in [1.29, 1.82) is 0 Å². The Hall–Kier alpha value is -2.24. The van der Waals surface area contributed by atoms with E-state index >= 15 is 0 Å². The standard InChI is InChI=1S/C19H27NO5/c1-13(21)20-12-19(9-7-16(8-10-19)25-14(2)22)15-5-6-17(23-3)18(11-15)24-4/h5-6,11,16H,7-10,12H2,1-4H3,(H,20,21). The topological polar surface area (TPSA) is 73.9 Å². The summed E-state index contributed by atoms with van der Waals surface area (Å²) in [5.41, 5.74) is 0.891. The van der Waals surface area contributed by atoms with Crippen molar-refractivity contribution in [2.24, 2.45) is 0 Å². The molecule has 6 nitrogen and oxygen atoms in total. The monoisotopic (exact) mass is 349 g/mol. The first-order valence-electron chi connectivity index (χ1n) is 8.54. The fourth-order valence-electron chi connectivity index (χ4n) is 3.52. The quantitative estimate of drug-likeness (QED) is 0.799. The highest BCUT2D eigenvalue weighted by Crippen LogP contribution is 2.42. The van der Waals surface area contributed by atoms with Crippen molar-refractivity contribution in [3.8, 4) is 11.5 Å². The molecule has 6 heteroatoms. The minimum Gasteiger partial charge on any atom is -0.493 e. The number of rotatable bonds is 6. The number of methoxy groups -OCH3 is 2. The molecule has 0 atom stereocenters. The molecule has 0 aromatic heterocycles. The van der Waals surface area contributed by atoms with Gasteiger partial charge in [-0.05, 0) is 43.4 Å². The van der Waals surface area contributed by atoms with Crippen molar-refractivity contribution >= 4 is 11.9 Å². The average Bonchev–Trinajstić information content (AvgIpc) is 2.60. The molecule has 0 bridgehead atoms. The molecule has 25 heavy (non-hydrogen) atoms. The maximum atomic E-state index is 11.5. The van der Waals surface area contributed by atoms with Crippen LogP contribution < -0.4 is 14.8 Å². The van der Waals surface area contributed by atoms with Gasteiger partial charge >= 0.3 is 5.97 Å². The molecule has 1 saturated carbocycles. The van der Waals surface area contributed by atoms with E-state index in [9.17, 15) is 9.59 Å². The fourth-order valence-corrected chi connectivity index (χ4v) is 3.52. The second-order valence-electron chi connectivity index (χ2n) is 6.57. The van der Waals surface area contributed by atoms with Crippen LogP contribution in [0.4, 0.5) is 0 Å². The van der Waals surface area contributed by atoms with E-state index in [1.165, 1.54) is 13.8 Å². The number of carbonyl (C=O) groups is 2. The molecule has 0 heterocycles. The molecule has 1 aliphatic carbocycles. The van der Waals surface area contributed by atoms with E-state index in [1.54, 1.807) is 14.2 Å². The minimum atomic E-state index is -0.245. The van der Waals surface area contributed by atoms with Crippen LogP contribution in [0.3, 0.4) is 0 Å². The minimum absolute atomic E-state index is 0.0527. The number of amides is 1. The second kappa shape index (κ2) is 8.23. The van der Waals surface area contributed by atoms with Crippen molar-refractivity contribution in [3.63, 3.8) is 0 Å². The highest BCUT2D eigenvalue weighted by Gasteiger charge is 2.38. The molecule has 1 aromatic carbocycles. The third-order valence-electron chi connectivity index (χ3n) is 4.89. The molecule has 0 aliphatic heterocycles. The lowest BCUT2D eigenvalue weighted by atomic mass is 9.68. The molecule has 0 spiro atoms. The zero-order valence-corrected chi connectivity index (χ0v) is 15.4. The van der Waals surface area contributed by atoms with Gasteiger partial charge in [0.15, 0.2) is 11.5 Å². The number of benzene rings is 1. The van der Waals surface area contributed by atoms with Crippen molar-refractivity contribution in [2.75, 3.05) is 20.8 Å². The van der Waals surface area contributed by atoms with E-state index in [0.717, 1.165) is 31.2 Å². The predicted octanol–water partition coefficient (Wildman–Crippen LogP) is 2.58. The largest absolute Gasteiger partial charge is 0.493 e. The Morgan fingerprint density at radius 2 is 1.76 bits per heavy atom. The van der Waals surface area contributed by atoms with Gasteiger partial charge in [-0.2, -0.15) is 0 Å². The van der Waals surface area contributed by atoms with Crippen LogP contribution in [-0.2, 0) is 19.7 Å². The predicted molar refractivity (Wildman–Crippen MR) is 93.9 cm³/mol. The van der Waals surface area contributed by atoms with Gasteiger partial charge in [0.1, 0.15) is 6.10 Å². The summed E-state index contributed by atoms with van der Waals surface area (Å²) in [5, 5.41) is 2.96. The number of hydrogen-bond donors (Lipinski definition) is 1. The third kappa shape index (κ3) is 4.65. The summed E-state index contributed by atoms with van der Waals surface area (Å²) in [6, 6.07) is 5.89. The zero-order valence-electron chi connectivity index (χ0n) is 15.4. The summed E-state index contributed by atoms with van der Waals surface area (Å²) in [4.78, 5) is 22.7. The van der Waals surface area contributed by atoms with Crippen LogP contribution in [0.15, 0.2) is 18.2 Å². The smallest absolute Gasteiger partial charge is 0.302 e. The van der Waals surface area contributed by atoms with Crippen LogP contribution in [0.2, 0.25) is 0 Å². The lowest BCUT2D eigenvalue weighted by molar-refractivity contribution is -0.148. The summed E-state index contributed by atoms with van der Waals surface area (Å²) < 4.78 is 16.1. The summed E-state index contributed by atoms with van der Waals surface area (Å²) >= 11 is 0. The molecule has 1 N–H and O–H groups in total. The second-order valence-corrected chi connectivity index (χ2v) is 6.57. The zero-order chi connectivity index (χ0) is 18.4. The van der Waals surface area contributed by atoms with Crippen LogP contribution in [0.25, 0.3) is 0 Å².